The highest BCUT2D eigenvalue weighted by Crippen LogP contribution is 2.32. The Morgan fingerprint density at radius 3 is 2.13 bits per heavy atom. The average Bonchev–Trinajstić information content (AvgIpc) is 3.28. The van der Waals surface area contributed by atoms with Gasteiger partial charge in [-0.1, -0.05) is 39.0 Å². The molecule has 1 heterocycles. The first kappa shape index (κ1) is 33.0. The summed E-state index contributed by atoms with van der Waals surface area (Å²) < 4.78 is 34.6. The van der Waals surface area contributed by atoms with Gasteiger partial charge in [-0.25, -0.2) is 13.4 Å². The van der Waals surface area contributed by atoms with E-state index in [4.69, 9.17) is 9.72 Å². The first-order valence-electron chi connectivity index (χ1n) is 12.9. The Hall–Kier alpha value is -2.24. The van der Waals surface area contributed by atoms with E-state index in [2.05, 4.69) is 4.90 Å². The number of anilines is 1. The lowest BCUT2D eigenvalue weighted by Crippen LogP contribution is -2.37. The lowest BCUT2D eigenvalue weighted by Gasteiger charge is -2.26. The van der Waals surface area contributed by atoms with E-state index in [1.54, 1.807) is 28.4 Å². The second kappa shape index (κ2) is 14.4. The number of sulfonamides is 1. The summed E-state index contributed by atoms with van der Waals surface area (Å²) in [6.45, 7) is 10.2. The molecule has 0 aliphatic rings. The van der Waals surface area contributed by atoms with Crippen molar-refractivity contribution in [3.8, 4) is 5.75 Å². The van der Waals surface area contributed by atoms with Crippen LogP contribution in [0.1, 0.15) is 44.5 Å². The molecule has 0 atom stereocenters. The van der Waals surface area contributed by atoms with Gasteiger partial charge < -0.3 is 9.64 Å². The normalized spacial score (nSPS) is 12.0. The molecule has 11 heteroatoms. The Morgan fingerprint density at radius 2 is 1.59 bits per heavy atom. The number of amides is 1. The summed E-state index contributed by atoms with van der Waals surface area (Å²) in [5.74, 6) is 0.906. The van der Waals surface area contributed by atoms with Crippen LogP contribution in [-0.2, 0) is 10.0 Å². The minimum atomic E-state index is -3.67. The number of benzene rings is 2. The topological polar surface area (TPSA) is 83.0 Å². The highest BCUT2D eigenvalue weighted by molar-refractivity contribution is 7.89. The lowest BCUT2D eigenvalue weighted by molar-refractivity contribution is 0.0986. The summed E-state index contributed by atoms with van der Waals surface area (Å²) in [6.07, 6.45) is 0.768. The van der Waals surface area contributed by atoms with E-state index in [9.17, 15) is 13.2 Å². The van der Waals surface area contributed by atoms with Gasteiger partial charge in [0.2, 0.25) is 10.0 Å². The van der Waals surface area contributed by atoms with Crippen LogP contribution in [0, 0.1) is 11.8 Å². The van der Waals surface area contributed by atoms with Crippen LogP contribution in [0.2, 0.25) is 0 Å². The zero-order chi connectivity index (χ0) is 28.0. The number of carbonyl (C=O) groups is 1. The second-order valence-corrected chi connectivity index (χ2v) is 13.5. The van der Waals surface area contributed by atoms with Gasteiger partial charge in [0.05, 0.1) is 22.2 Å². The molecule has 3 aromatic rings. The number of carbonyl (C=O) groups excluding carboxylic acids is 1. The van der Waals surface area contributed by atoms with Crippen LogP contribution in [0.15, 0.2) is 47.4 Å². The zero-order valence-corrected chi connectivity index (χ0v) is 26.3. The predicted molar refractivity (Wildman–Crippen MR) is 163 cm³/mol. The molecular formula is C28H41ClN4O4S2. The van der Waals surface area contributed by atoms with E-state index in [0.29, 0.717) is 36.1 Å². The van der Waals surface area contributed by atoms with E-state index in [1.165, 1.54) is 23.5 Å². The molecule has 0 fully saturated rings. The van der Waals surface area contributed by atoms with Gasteiger partial charge in [-0.3, -0.25) is 9.69 Å². The van der Waals surface area contributed by atoms with Gasteiger partial charge in [-0.2, -0.15) is 4.31 Å². The van der Waals surface area contributed by atoms with Crippen molar-refractivity contribution in [2.75, 3.05) is 52.3 Å². The third-order valence-electron chi connectivity index (χ3n) is 5.92. The molecule has 0 saturated carbocycles. The third kappa shape index (κ3) is 8.62. The van der Waals surface area contributed by atoms with Gasteiger partial charge in [-0.05, 0) is 75.3 Å². The third-order valence-corrected chi connectivity index (χ3v) is 8.83. The summed E-state index contributed by atoms with van der Waals surface area (Å²) >= 11 is 1.45. The van der Waals surface area contributed by atoms with Crippen LogP contribution < -0.4 is 9.64 Å². The molecule has 216 valence electrons. The number of hydrogen-bond acceptors (Lipinski definition) is 7. The van der Waals surface area contributed by atoms with E-state index >= 15 is 0 Å². The van der Waals surface area contributed by atoms with Crippen molar-refractivity contribution in [1.29, 1.82) is 0 Å². The molecule has 39 heavy (non-hydrogen) atoms. The summed E-state index contributed by atoms with van der Waals surface area (Å²) in [4.78, 5) is 22.4. The quantitative estimate of drug-likeness (QED) is 0.254. The molecule has 3 rings (SSSR count). The predicted octanol–water partition coefficient (Wildman–Crippen LogP) is 5.63. The van der Waals surface area contributed by atoms with Crippen molar-refractivity contribution in [1.82, 2.24) is 14.2 Å². The zero-order valence-electron chi connectivity index (χ0n) is 23.9. The van der Waals surface area contributed by atoms with Crippen molar-refractivity contribution in [3.63, 3.8) is 0 Å². The van der Waals surface area contributed by atoms with Gasteiger partial charge in [-0.15, -0.1) is 12.4 Å². The van der Waals surface area contributed by atoms with E-state index < -0.39 is 10.0 Å². The van der Waals surface area contributed by atoms with Gasteiger partial charge in [0, 0.05) is 31.3 Å². The molecule has 1 amide bonds. The fraction of sp³-hybridized carbons (Fsp3) is 0.500. The van der Waals surface area contributed by atoms with Crippen LogP contribution >= 0.6 is 23.7 Å². The monoisotopic (exact) mass is 596 g/mol. The first-order chi connectivity index (χ1) is 17.9. The van der Waals surface area contributed by atoms with E-state index in [0.717, 1.165) is 23.2 Å². The molecule has 0 aliphatic heterocycles. The smallest absolute Gasteiger partial charge is 0.260 e. The minimum Gasteiger partial charge on any atom is -0.497 e. The second-order valence-electron chi connectivity index (χ2n) is 10.6. The average molecular weight is 597 g/mol. The van der Waals surface area contributed by atoms with Crippen molar-refractivity contribution >= 4 is 55.0 Å². The number of methoxy groups -OCH3 is 1. The number of nitrogens with zero attached hydrogens (tertiary/aromatic N) is 4. The number of halogens is 1. The fourth-order valence-electron chi connectivity index (χ4n) is 4.13. The number of aromatic nitrogens is 1. The highest BCUT2D eigenvalue weighted by Gasteiger charge is 2.27. The Kier molecular flexibility index (Phi) is 12.2. The number of rotatable bonds is 13. The molecular weight excluding hydrogens is 556 g/mol. The number of fused-ring (bicyclic) bond motifs is 1. The maximum Gasteiger partial charge on any atom is 0.260 e. The molecule has 1 aromatic heterocycles. The SMILES string of the molecule is COc1ccc2sc(N(CCCN(C)C)C(=O)c3ccc(S(=O)(=O)N(CC(C)C)CC(C)C)cc3)nc2c1.Cl. The van der Waals surface area contributed by atoms with E-state index in [-0.39, 0.29) is 35.0 Å². The van der Waals surface area contributed by atoms with Gasteiger partial charge in [0.1, 0.15) is 5.75 Å². The van der Waals surface area contributed by atoms with Crippen LogP contribution in [0.25, 0.3) is 10.2 Å². The first-order valence-corrected chi connectivity index (χ1v) is 15.2. The Labute approximate surface area is 243 Å². The molecule has 8 nitrogen and oxygen atoms in total. The molecule has 0 unspecified atom stereocenters. The molecule has 0 aliphatic carbocycles. The molecule has 0 saturated heterocycles. The molecule has 0 radical (unpaired) electrons. The van der Waals surface area contributed by atoms with Crippen LogP contribution in [-0.4, -0.2) is 75.9 Å². The Morgan fingerprint density at radius 1 is 0.974 bits per heavy atom. The van der Waals surface area contributed by atoms with E-state index in [1.807, 2.05) is 60.0 Å². The van der Waals surface area contributed by atoms with Crippen LogP contribution in [0.4, 0.5) is 5.13 Å². The van der Waals surface area contributed by atoms with Crippen molar-refractivity contribution in [2.45, 2.75) is 39.0 Å². The van der Waals surface area contributed by atoms with Crippen molar-refractivity contribution in [3.05, 3.63) is 48.0 Å². The highest BCUT2D eigenvalue weighted by atomic mass is 35.5. The maximum absolute atomic E-state index is 13.7. The molecule has 0 bridgehead atoms. The summed E-state index contributed by atoms with van der Waals surface area (Å²) in [5.41, 5.74) is 1.19. The van der Waals surface area contributed by atoms with Gasteiger partial charge >= 0.3 is 0 Å². The fourth-order valence-corrected chi connectivity index (χ4v) is 6.86. The van der Waals surface area contributed by atoms with Crippen molar-refractivity contribution < 1.29 is 17.9 Å². The molecule has 2 aromatic carbocycles. The number of ether oxygens (including phenoxy) is 1. The Bertz CT molecular complexity index is 1320. The summed E-state index contributed by atoms with van der Waals surface area (Å²) in [5, 5.41) is 0.605. The van der Waals surface area contributed by atoms with Crippen LogP contribution in [0.3, 0.4) is 0 Å². The Balaban J connectivity index is 0.00000533. The minimum absolute atomic E-state index is 0. The maximum atomic E-state index is 13.7. The summed E-state index contributed by atoms with van der Waals surface area (Å²) in [6, 6.07) is 12.0. The number of hydrogen-bond donors (Lipinski definition) is 0. The van der Waals surface area contributed by atoms with Crippen LogP contribution in [0.5, 0.6) is 5.75 Å². The van der Waals surface area contributed by atoms with Gasteiger partial charge in [0.25, 0.3) is 5.91 Å². The summed E-state index contributed by atoms with van der Waals surface area (Å²) in [7, 11) is 1.93. The molecule has 0 spiro atoms. The van der Waals surface area contributed by atoms with Crippen molar-refractivity contribution in [2.24, 2.45) is 11.8 Å². The largest absolute Gasteiger partial charge is 0.497 e. The number of thiazole rings is 1. The molecule has 0 N–H and O–H groups in total. The van der Waals surface area contributed by atoms with Gasteiger partial charge in [0.15, 0.2) is 5.13 Å². The standard InChI is InChI=1S/C28H40N4O4S2.ClH/c1-20(2)18-31(19-21(3)4)38(34,35)24-12-9-22(10-13-24)27(33)32(16-8-15-30(5)6)28-29-25-17-23(36-7)11-14-26(25)37-28;/h9-14,17,20-21H,8,15-16,18-19H2,1-7H3;1H. The lowest BCUT2D eigenvalue weighted by atomic mass is 10.2.